The molecule has 0 atom stereocenters. The maximum absolute atomic E-state index is 11.5. The molecular formula is C9H7ClN2O2. The lowest BCUT2D eigenvalue weighted by Crippen LogP contribution is -2.09. The maximum Gasteiger partial charge on any atom is 0.296 e. The number of aromatic nitrogens is 2. The minimum absolute atomic E-state index is 0.163. The van der Waals surface area contributed by atoms with E-state index in [2.05, 4.69) is 9.97 Å². The van der Waals surface area contributed by atoms with Gasteiger partial charge in [0.2, 0.25) is 0 Å². The Morgan fingerprint density at radius 1 is 1.50 bits per heavy atom. The van der Waals surface area contributed by atoms with E-state index in [4.69, 9.17) is 16.3 Å². The van der Waals surface area contributed by atoms with Crippen molar-refractivity contribution in [3.8, 4) is 6.01 Å². The summed E-state index contributed by atoms with van der Waals surface area (Å²) in [5, 5.41) is 0.894. The highest BCUT2D eigenvalue weighted by Crippen LogP contribution is 2.19. The van der Waals surface area contributed by atoms with Crippen molar-refractivity contribution >= 4 is 22.5 Å². The Morgan fingerprint density at radius 3 is 3.00 bits per heavy atom. The molecule has 0 bridgehead atoms. The van der Waals surface area contributed by atoms with Crippen LogP contribution in [0.15, 0.2) is 23.0 Å². The van der Waals surface area contributed by atoms with Crippen molar-refractivity contribution in [1.82, 2.24) is 9.97 Å². The fraction of sp³-hybridized carbons (Fsp3) is 0.111. The summed E-state index contributed by atoms with van der Waals surface area (Å²) in [5.41, 5.74) is 0.198. The van der Waals surface area contributed by atoms with E-state index < -0.39 is 0 Å². The molecule has 0 fully saturated rings. The first kappa shape index (κ1) is 9.02. The quantitative estimate of drug-likeness (QED) is 0.778. The van der Waals surface area contributed by atoms with Crippen LogP contribution in [0, 0.1) is 0 Å². The number of nitrogens with zero attached hydrogens (tertiary/aromatic N) is 1. The molecule has 0 aliphatic rings. The molecule has 1 aromatic heterocycles. The van der Waals surface area contributed by atoms with E-state index in [1.165, 1.54) is 7.11 Å². The number of halogens is 1. The fourth-order valence-corrected chi connectivity index (χ4v) is 1.42. The molecule has 4 nitrogen and oxygen atoms in total. The Hall–Kier alpha value is -1.55. The molecule has 0 saturated carbocycles. The number of benzene rings is 1. The number of nitrogens with one attached hydrogen (secondary N) is 1. The molecule has 0 spiro atoms. The van der Waals surface area contributed by atoms with Gasteiger partial charge in [0.1, 0.15) is 0 Å². The second kappa shape index (κ2) is 3.31. The molecule has 0 radical (unpaired) electrons. The molecule has 0 aliphatic heterocycles. The van der Waals surface area contributed by atoms with Gasteiger partial charge >= 0.3 is 0 Å². The van der Waals surface area contributed by atoms with E-state index in [1.54, 1.807) is 18.2 Å². The van der Waals surface area contributed by atoms with Crippen molar-refractivity contribution in [3.63, 3.8) is 0 Å². The van der Waals surface area contributed by atoms with Gasteiger partial charge in [0.15, 0.2) is 0 Å². The normalized spacial score (nSPS) is 10.4. The summed E-state index contributed by atoms with van der Waals surface area (Å²) < 4.78 is 4.83. The Morgan fingerprint density at radius 2 is 2.29 bits per heavy atom. The minimum atomic E-state index is -0.255. The van der Waals surface area contributed by atoms with Crippen LogP contribution in [0.2, 0.25) is 5.02 Å². The smallest absolute Gasteiger partial charge is 0.296 e. The third kappa shape index (κ3) is 1.33. The maximum atomic E-state index is 11.5. The Kier molecular flexibility index (Phi) is 2.13. The second-order valence-corrected chi connectivity index (χ2v) is 3.12. The van der Waals surface area contributed by atoms with Gasteiger partial charge in [-0.05, 0) is 12.1 Å². The minimum Gasteiger partial charge on any atom is -0.468 e. The number of methoxy groups -OCH3 is 1. The standard InChI is InChI=1S/C9H7ClN2O2/c1-14-9-11-7-5(8(13)12-9)3-2-4-6(7)10/h2-4H,1H3,(H,11,12,13). The van der Waals surface area contributed by atoms with Gasteiger partial charge < -0.3 is 4.74 Å². The molecule has 2 rings (SSSR count). The number of hydrogen-bond acceptors (Lipinski definition) is 3. The molecule has 5 heteroatoms. The van der Waals surface area contributed by atoms with Crippen molar-refractivity contribution in [3.05, 3.63) is 33.6 Å². The van der Waals surface area contributed by atoms with E-state index in [9.17, 15) is 4.79 Å². The van der Waals surface area contributed by atoms with Crippen LogP contribution in [0.1, 0.15) is 0 Å². The number of aromatic amines is 1. The number of para-hydroxylation sites is 1. The summed E-state index contributed by atoms with van der Waals surface area (Å²) in [4.78, 5) is 18.0. The summed E-state index contributed by atoms with van der Waals surface area (Å²) in [6, 6.07) is 5.20. The zero-order valence-electron chi connectivity index (χ0n) is 7.37. The average molecular weight is 211 g/mol. The predicted octanol–water partition coefficient (Wildman–Crippen LogP) is 1.59. The SMILES string of the molecule is COc1nc2c(Cl)cccc2c(=O)[nH]1. The van der Waals surface area contributed by atoms with Gasteiger partial charge in [-0.2, -0.15) is 4.98 Å². The molecule has 1 aromatic carbocycles. The molecule has 1 heterocycles. The van der Waals surface area contributed by atoms with Crippen LogP contribution in [0.4, 0.5) is 0 Å². The van der Waals surface area contributed by atoms with Gasteiger partial charge in [0.25, 0.3) is 11.6 Å². The molecule has 1 N–H and O–H groups in total. The van der Waals surface area contributed by atoms with Gasteiger partial charge in [-0.3, -0.25) is 9.78 Å². The molecule has 0 amide bonds. The number of fused-ring (bicyclic) bond motifs is 1. The van der Waals surface area contributed by atoms with Crippen molar-refractivity contribution in [2.24, 2.45) is 0 Å². The first-order valence-corrected chi connectivity index (χ1v) is 4.32. The van der Waals surface area contributed by atoms with E-state index in [1.807, 2.05) is 0 Å². The molecule has 72 valence electrons. The Bertz CT molecular complexity index is 536. The molecule has 0 aliphatic carbocycles. The lowest BCUT2D eigenvalue weighted by molar-refractivity contribution is 0.380. The van der Waals surface area contributed by atoms with Crippen molar-refractivity contribution in [2.45, 2.75) is 0 Å². The van der Waals surface area contributed by atoms with E-state index >= 15 is 0 Å². The highest BCUT2D eigenvalue weighted by molar-refractivity contribution is 6.34. The highest BCUT2D eigenvalue weighted by atomic mass is 35.5. The van der Waals surface area contributed by atoms with Crippen molar-refractivity contribution in [2.75, 3.05) is 7.11 Å². The Balaban J connectivity index is 2.91. The van der Waals surface area contributed by atoms with Crippen LogP contribution < -0.4 is 10.3 Å². The van der Waals surface area contributed by atoms with Crippen LogP contribution in [0.5, 0.6) is 6.01 Å². The van der Waals surface area contributed by atoms with E-state index in [0.29, 0.717) is 15.9 Å². The van der Waals surface area contributed by atoms with E-state index in [0.717, 1.165) is 0 Å². The molecule has 2 aromatic rings. The number of ether oxygens (including phenoxy) is 1. The summed E-state index contributed by atoms with van der Waals surface area (Å²) in [5.74, 6) is 0. The van der Waals surface area contributed by atoms with Crippen LogP contribution in [-0.4, -0.2) is 17.1 Å². The summed E-state index contributed by atoms with van der Waals surface area (Å²) in [6.07, 6.45) is 0. The molecule has 14 heavy (non-hydrogen) atoms. The van der Waals surface area contributed by atoms with Gasteiger partial charge in [0, 0.05) is 0 Å². The van der Waals surface area contributed by atoms with Crippen LogP contribution in [0.25, 0.3) is 10.9 Å². The predicted molar refractivity (Wildman–Crippen MR) is 53.9 cm³/mol. The van der Waals surface area contributed by atoms with E-state index in [-0.39, 0.29) is 11.6 Å². The first-order valence-electron chi connectivity index (χ1n) is 3.95. The third-order valence-corrected chi connectivity index (χ3v) is 2.16. The fourth-order valence-electron chi connectivity index (χ4n) is 1.20. The summed E-state index contributed by atoms with van der Waals surface area (Å²) in [6.45, 7) is 0. The average Bonchev–Trinajstić information content (AvgIpc) is 2.19. The zero-order chi connectivity index (χ0) is 10.1. The lowest BCUT2D eigenvalue weighted by Gasteiger charge is -2.01. The summed E-state index contributed by atoms with van der Waals surface area (Å²) in [7, 11) is 1.43. The van der Waals surface area contributed by atoms with Gasteiger partial charge in [-0.1, -0.05) is 17.7 Å². The van der Waals surface area contributed by atoms with Crippen LogP contribution in [0.3, 0.4) is 0 Å². The van der Waals surface area contributed by atoms with Crippen molar-refractivity contribution in [1.29, 1.82) is 0 Å². The topological polar surface area (TPSA) is 55.0 Å². The van der Waals surface area contributed by atoms with Gasteiger partial charge in [-0.25, -0.2) is 0 Å². The molecule has 0 saturated heterocycles. The van der Waals surface area contributed by atoms with Crippen LogP contribution in [-0.2, 0) is 0 Å². The van der Waals surface area contributed by atoms with Gasteiger partial charge in [0.05, 0.1) is 23.0 Å². The summed E-state index contributed by atoms with van der Waals surface area (Å²) >= 11 is 5.89. The second-order valence-electron chi connectivity index (χ2n) is 2.71. The lowest BCUT2D eigenvalue weighted by atomic mass is 10.2. The van der Waals surface area contributed by atoms with Crippen molar-refractivity contribution < 1.29 is 4.74 Å². The molecular weight excluding hydrogens is 204 g/mol. The first-order chi connectivity index (χ1) is 6.72. The third-order valence-electron chi connectivity index (χ3n) is 1.86. The molecule has 0 unspecified atom stereocenters. The number of rotatable bonds is 1. The van der Waals surface area contributed by atoms with Crippen LogP contribution >= 0.6 is 11.6 Å². The van der Waals surface area contributed by atoms with Gasteiger partial charge in [-0.15, -0.1) is 0 Å². The Labute approximate surface area is 84.5 Å². The zero-order valence-corrected chi connectivity index (χ0v) is 8.13. The highest BCUT2D eigenvalue weighted by Gasteiger charge is 2.05. The number of hydrogen-bond donors (Lipinski definition) is 1. The largest absolute Gasteiger partial charge is 0.468 e. The monoisotopic (exact) mass is 210 g/mol. The number of H-pyrrole nitrogens is 1.